The molecule has 0 aliphatic heterocycles. The maximum Gasteiger partial charge on any atom is 0.326 e. The fourth-order valence-electron chi connectivity index (χ4n) is 6.18. The number of phenolic OH excluding ortho intramolecular Hbond substituents is 1. The second-order valence-electron chi connectivity index (χ2n) is 16.3. The number of amides is 10. The van der Waals surface area contributed by atoms with Crippen LogP contribution in [0.1, 0.15) is 64.4 Å². The van der Waals surface area contributed by atoms with Crippen LogP contribution in [-0.2, 0) is 64.0 Å². The first-order valence-corrected chi connectivity index (χ1v) is 23.4. The van der Waals surface area contributed by atoms with E-state index in [1.165, 1.54) is 49.9 Å². The number of hydrogen-bond donors (Lipinski definition) is 16. The van der Waals surface area contributed by atoms with E-state index in [1.807, 2.05) is 0 Å². The summed E-state index contributed by atoms with van der Waals surface area (Å²) in [5.74, 6) is -13.6. The highest BCUT2D eigenvalue weighted by Crippen LogP contribution is 2.13. The van der Waals surface area contributed by atoms with E-state index in [4.69, 9.17) is 17.2 Å². The first-order chi connectivity index (χ1) is 33.3. The van der Waals surface area contributed by atoms with E-state index >= 15 is 0 Å². The van der Waals surface area contributed by atoms with Gasteiger partial charge in [0.25, 0.3) is 0 Å². The molecule has 1 aromatic carbocycles. The summed E-state index contributed by atoms with van der Waals surface area (Å²) in [5, 5.41) is 66.2. The minimum absolute atomic E-state index is 0.0827. The molecule has 0 saturated heterocycles. The Bertz CT molecular complexity index is 2050. The maximum absolute atomic E-state index is 14.0. The van der Waals surface area contributed by atoms with Gasteiger partial charge in [-0.05, 0) is 61.3 Å². The molecule has 8 atom stereocenters. The number of carboxylic acids is 2. The lowest BCUT2D eigenvalue weighted by atomic mass is 10.0. The molecule has 0 bridgehead atoms. The lowest BCUT2D eigenvalue weighted by Crippen LogP contribution is -2.60. The lowest BCUT2D eigenvalue weighted by Gasteiger charge is -2.27. The predicted octanol–water partition coefficient (Wildman–Crippen LogP) is -6.35. The van der Waals surface area contributed by atoms with Crippen molar-refractivity contribution in [1.29, 1.82) is 0 Å². The molecule has 71 heavy (non-hydrogen) atoms. The molecule has 0 aromatic heterocycles. The zero-order chi connectivity index (χ0) is 54.0. The number of nitrogens with one attached hydrogen (secondary N) is 8. The SMILES string of the molecule is CSCC[C@H](NC(=O)[C@@H](N)CO)C(=O)NCC(=O)N[C@@H](CCC(=O)O)C(=O)N[C@@H](CCC(N)=O)C(=O)N[C@@H](CCC(N)=O)C(=O)N[C@@H](Cc1ccc(O)cc1)C(=O)N[C@@H](CO)C(=O)N[C@H](C(=O)O)C(C)C. The van der Waals surface area contributed by atoms with E-state index in [-0.39, 0.29) is 18.6 Å². The number of rotatable bonds is 34. The molecular formula is C42H65N11O17S. The smallest absolute Gasteiger partial charge is 0.326 e. The molecule has 396 valence electrons. The molecule has 1 aromatic rings. The topological polar surface area (TPSA) is 480 Å². The van der Waals surface area contributed by atoms with Crippen LogP contribution in [0.4, 0.5) is 0 Å². The van der Waals surface area contributed by atoms with Crippen molar-refractivity contribution in [3.8, 4) is 5.75 Å². The Kier molecular flexibility index (Phi) is 27.8. The fourth-order valence-corrected chi connectivity index (χ4v) is 6.65. The van der Waals surface area contributed by atoms with Crippen LogP contribution in [0, 0.1) is 5.92 Å². The van der Waals surface area contributed by atoms with Crippen molar-refractivity contribution < 1.29 is 83.1 Å². The first kappa shape index (κ1) is 61.9. The third-order valence-corrected chi connectivity index (χ3v) is 10.8. The van der Waals surface area contributed by atoms with Crippen LogP contribution in [0.15, 0.2) is 24.3 Å². The number of aliphatic hydroxyl groups is 2. The van der Waals surface area contributed by atoms with Crippen LogP contribution in [-0.4, -0.2) is 177 Å². The standard InChI is InChI=1S/C42H65N11O17S/c1-20(2)34(42(69)70)53-41(68)29(19-55)52-40(67)28(16-21-4-6-22(56)7-5-21)51-39(66)26(9-12-31(45)58)50-38(65)25(8-11-30(44)57)49-37(64)24(10-13-33(60)61)47-32(59)17-46-36(63)27(14-15-71-3)48-35(62)23(43)18-54/h4-7,20,23-29,34,54-56H,8-19,43H2,1-3H3,(H2,44,57)(H2,45,58)(H,46,63)(H,47,59)(H,48,62)(H,49,64)(H,50,65)(H,51,66)(H,52,67)(H,53,68)(H,60,61)(H,69,70)/t23-,24-,25-,26-,27-,28-,29-,34-/m0/s1. The number of carbonyl (C=O) groups excluding carboxylic acids is 10. The fraction of sp³-hybridized carbons (Fsp3) is 0.571. The van der Waals surface area contributed by atoms with Gasteiger partial charge in [-0.25, -0.2) is 4.79 Å². The van der Waals surface area contributed by atoms with Crippen molar-refractivity contribution in [1.82, 2.24) is 42.5 Å². The minimum Gasteiger partial charge on any atom is -0.508 e. The van der Waals surface area contributed by atoms with Crippen LogP contribution in [0.5, 0.6) is 5.75 Å². The van der Waals surface area contributed by atoms with E-state index in [0.29, 0.717) is 11.3 Å². The highest BCUT2D eigenvalue weighted by atomic mass is 32.2. The summed E-state index contributed by atoms with van der Waals surface area (Å²) in [6, 6.07) is -7.34. The summed E-state index contributed by atoms with van der Waals surface area (Å²) in [6.45, 7) is 0.436. The van der Waals surface area contributed by atoms with Gasteiger partial charge in [-0.2, -0.15) is 11.8 Å². The van der Waals surface area contributed by atoms with Gasteiger partial charge in [0.2, 0.25) is 59.1 Å². The van der Waals surface area contributed by atoms with Crippen molar-refractivity contribution in [2.75, 3.05) is 31.8 Å². The Labute approximate surface area is 411 Å². The monoisotopic (exact) mass is 1030 g/mol. The van der Waals surface area contributed by atoms with Gasteiger partial charge in [0, 0.05) is 25.7 Å². The molecule has 0 radical (unpaired) electrons. The number of hydrogen-bond acceptors (Lipinski definition) is 17. The largest absolute Gasteiger partial charge is 0.508 e. The summed E-state index contributed by atoms with van der Waals surface area (Å²) in [5.41, 5.74) is 16.5. The zero-order valence-electron chi connectivity index (χ0n) is 39.3. The number of aliphatic hydroxyl groups excluding tert-OH is 2. The van der Waals surface area contributed by atoms with Gasteiger partial charge in [-0.15, -0.1) is 0 Å². The lowest BCUT2D eigenvalue weighted by molar-refractivity contribution is -0.144. The maximum atomic E-state index is 14.0. The number of carboxylic acid groups (broad SMARTS) is 2. The van der Waals surface area contributed by atoms with Gasteiger partial charge in [-0.1, -0.05) is 26.0 Å². The Morgan fingerprint density at radius 2 is 1.00 bits per heavy atom. The van der Waals surface area contributed by atoms with Gasteiger partial charge >= 0.3 is 11.9 Å². The molecule has 19 N–H and O–H groups in total. The number of aliphatic carboxylic acids is 2. The third kappa shape index (κ3) is 23.8. The molecule has 1 rings (SSSR count). The predicted molar refractivity (Wildman–Crippen MR) is 250 cm³/mol. The second kappa shape index (κ2) is 31.9. The van der Waals surface area contributed by atoms with Gasteiger partial charge in [0.05, 0.1) is 19.8 Å². The normalized spacial score (nSPS) is 14.3. The van der Waals surface area contributed by atoms with Crippen LogP contribution in [0.3, 0.4) is 0 Å². The van der Waals surface area contributed by atoms with Gasteiger partial charge in [0.15, 0.2) is 0 Å². The molecule has 0 heterocycles. The molecular weight excluding hydrogens is 963 g/mol. The van der Waals surface area contributed by atoms with E-state index in [0.717, 1.165) is 0 Å². The summed E-state index contributed by atoms with van der Waals surface area (Å²) < 4.78 is 0. The summed E-state index contributed by atoms with van der Waals surface area (Å²) in [4.78, 5) is 154. The van der Waals surface area contributed by atoms with Crippen LogP contribution in [0.2, 0.25) is 0 Å². The number of aromatic hydroxyl groups is 1. The highest BCUT2D eigenvalue weighted by molar-refractivity contribution is 7.98. The second-order valence-corrected chi connectivity index (χ2v) is 17.3. The van der Waals surface area contributed by atoms with Gasteiger partial charge in [-0.3, -0.25) is 52.7 Å². The molecule has 29 heteroatoms. The molecule has 0 unspecified atom stereocenters. The summed E-state index contributed by atoms with van der Waals surface area (Å²) in [6.07, 6.45) is -2.06. The van der Waals surface area contributed by atoms with Crippen molar-refractivity contribution in [3.05, 3.63) is 29.8 Å². The van der Waals surface area contributed by atoms with Crippen LogP contribution < -0.4 is 59.7 Å². The molecule has 0 aliphatic rings. The van der Waals surface area contributed by atoms with E-state index in [2.05, 4.69) is 42.5 Å². The molecule has 10 amide bonds. The summed E-state index contributed by atoms with van der Waals surface area (Å²) >= 11 is 1.33. The molecule has 0 spiro atoms. The number of thioether (sulfide) groups is 1. The molecule has 0 aliphatic carbocycles. The van der Waals surface area contributed by atoms with Crippen molar-refractivity contribution in [2.45, 2.75) is 114 Å². The third-order valence-electron chi connectivity index (χ3n) is 10.2. The average Bonchev–Trinajstić information content (AvgIpc) is 3.30. The van der Waals surface area contributed by atoms with Crippen LogP contribution in [0.25, 0.3) is 0 Å². The molecule has 0 fully saturated rings. The number of phenols is 1. The average molecular weight is 1030 g/mol. The highest BCUT2D eigenvalue weighted by Gasteiger charge is 2.35. The van der Waals surface area contributed by atoms with E-state index in [9.17, 15) is 83.1 Å². The van der Waals surface area contributed by atoms with Gasteiger partial charge < -0.3 is 85.3 Å². The van der Waals surface area contributed by atoms with Crippen molar-refractivity contribution >= 4 is 82.8 Å². The molecule has 0 saturated carbocycles. The Morgan fingerprint density at radius 1 is 0.563 bits per heavy atom. The minimum atomic E-state index is -1.77. The van der Waals surface area contributed by atoms with Crippen molar-refractivity contribution in [2.24, 2.45) is 23.1 Å². The Hall–Kier alpha value is -7.11. The van der Waals surface area contributed by atoms with Crippen LogP contribution >= 0.6 is 11.8 Å². The Balaban J connectivity index is 3.48. The van der Waals surface area contributed by atoms with E-state index < -0.39 is 184 Å². The zero-order valence-corrected chi connectivity index (χ0v) is 40.1. The van der Waals surface area contributed by atoms with E-state index in [1.54, 1.807) is 6.26 Å². The first-order valence-electron chi connectivity index (χ1n) is 22.0. The van der Waals surface area contributed by atoms with Crippen molar-refractivity contribution in [3.63, 3.8) is 0 Å². The number of benzene rings is 1. The molecule has 28 nitrogen and oxygen atoms in total. The number of nitrogens with two attached hydrogens (primary N) is 3. The quantitative estimate of drug-likeness (QED) is 0.0305. The number of carbonyl (C=O) groups is 12. The summed E-state index contributed by atoms with van der Waals surface area (Å²) in [7, 11) is 0. The van der Waals surface area contributed by atoms with Gasteiger partial charge in [0.1, 0.15) is 54.1 Å². The Morgan fingerprint density at radius 3 is 1.45 bits per heavy atom. The number of primary amides is 2.